The van der Waals surface area contributed by atoms with Gasteiger partial charge in [0, 0.05) is 19.1 Å². The van der Waals surface area contributed by atoms with Gasteiger partial charge in [0.15, 0.2) is 0 Å². The fourth-order valence-corrected chi connectivity index (χ4v) is 4.17. The Morgan fingerprint density at radius 1 is 1.29 bits per heavy atom. The second-order valence-corrected chi connectivity index (χ2v) is 6.76. The molecule has 0 bridgehead atoms. The zero-order valence-electron chi connectivity index (χ0n) is 11.1. The maximum atomic E-state index is 12.2. The molecule has 5 heteroatoms. The molecule has 1 saturated heterocycles. The minimum atomic E-state index is -3.06. The van der Waals surface area contributed by atoms with Crippen LogP contribution in [0.25, 0.3) is 0 Å². The molecule has 17 heavy (non-hydrogen) atoms. The average molecular weight is 262 g/mol. The fourth-order valence-electron chi connectivity index (χ4n) is 2.46. The summed E-state index contributed by atoms with van der Waals surface area (Å²) in [4.78, 5) is 0. The molecule has 0 saturated carbocycles. The molecule has 1 fully saturated rings. The van der Waals surface area contributed by atoms with Crippen LogP contribution in [-0.4, -0.2) is 44.2 Å². The summed E-state index contributed by atoms with van der Waals surface area (Å²) in [6, 6.07) is 0.250. The van der Waals surface area contributed by atoms with Crippen molar-refractivity contribution in [1.29, 1.82) is 0 Å². The summed E-state index contributed by atoms with van der Waals surface area (Å²) >= 11 is 0. The first-order valence-corrected chi connectivity index (χ1v) is 8.43. The minimum Gasteiger partial charge on any atom is -0.316 e. The van der Waals surface area contributed by atoms with E-state index in [0.717, 1.165) is 38.8 Å². The van der Waals surface area contributed by atoms with E-state index in [2.05, 4.69) is 12.2 Å². The Hall–Kier alpha value is -0.130. The zero-order chi connectivity index (χ0) is 12.7. The molecule has 1 rings (SSSR count). The van der Waals surface area contributed by atoms with Crippen molar-refractivity contribution in [3.8, 4) is 0 Å². The van der Waals surface area contributed by atoms with Crippen molar-refractivity contribution in [2.75, 3.05) is 25.4 Å². The van der Waals surface area contributed by atoms with E-state index in [1.54, 1.807) is 4.31 Å². The van der Waals surface area contributed by atoms with E-state index >= 15 is 0 Å². The molecule has 1 aliphatic heterocycles. The van der Waals surface area contributed by atoms with Crippen molar-refractivity contribution >= 4 is 10.0 Å². The number of sulfonamides is 1. The third-order valence-corrected chi connectivity index (χ3v) is 5.25. The van der Waals surface area contributed by atoms with E-state index in [0.29, 0.717) is 6.54 Å². The molecule has 0 aromatic carbocycles. The van der Waals surface area contributed by atoms with Crippen LogP contribution in [0, 0.1) is 0 Å². The Bertz CT molecular complexity index is 302. The predicted molar refractivity (Wildman–Crippen MR) is 71.6 cm³/mol. The Kier molecular flexibility index (Phi) is 6.44. The maximum Gasteiger partial charge on any atom is 0.215 e. The van der Waals surface area contributed by atoms with Gasteiger partial charge in [-0.1, -0.05) is 26.7 Å². The van der Waals surface area contributed by atoms with Gasteiger partial charge in [-0.05, 0) is 25.8 Å². The highest BCUT2D eigenvalue weighted by Crippen LogP contribution is 2.23. The number of hydrogen-bond donors (Lipinski definition) is 1. The number of piperidine rings is 1. The molecular weight excluding hydrogens is 236 g/mol. The highest BCUT2D eigenvalue weighted by Gasteiger charge is 2.30. The second-order valence-electron chi connectivity index (χ2n) is 4.72. The third kappa shape index (κ3) is 4.56. The van der Waals surface area contributed by atoms with Crippen molar-refractivity contribution in [2.45, 2.75) is 52.0 Å². The molecule has 1 aliphatic rings. The lowest BCUT2D eigenvalue weighted by Gasteiger charge is -2.34. The van der Waals surface area contributed by atoms with Crippen LogP contribution in [0.2, 0.25) is 0 Å². The van der Waals surface area contributed by atoms with Crippen molar-refractivity contribution in [2.24, 2.45) is 0 Å². The monoisotopic (exact) mass is 262 g/mol. The molecule has 0 aliphatic carbocycles. The van der Waals surface area contributed by atoms with E-state index in [4.69, 9.17) is 0 Å². The van der Waals surface area contributed by atoms with Gasteiger partial charge in [0.25, 0.3) is 0 Å². The lowest BCUT2D eigenvalue weighted by atomic mass is 10.0. The Labute approximate surface area is 106 Å². The van der Waals surface area contributed by atoms with Crippen molar-refractivity contribution < 1.29 is 8.42 Å². The van der Waals surface area contributed by atoms with Crippen LogP contribution in [0.5, 0.6) is 0 Å². The SMILES string of the molecule is CCCC1CCCCN1S(=O)(=O)CCNCC. The number of hydrogen-bond acceptors (Lipinski definition) is 3. The Balaban J connectivity index is 2.59. The lowest BCUT2D eigenvalue weighted by Crippen LogP contribution is -2.45. The molecule has 0 aromatic heterocycles. The van der Waals surface area contributed by atoms with Gasteiger partial charge in [0.05, 0.1) is 5.75 Å². The first kappa shape index (κ1) is 14.9. The van der Waals surface area contributed by atoms with Crippen LogP contribution in [0.1, 0.15) is 46.0 Å². The van der Waals surface area contributed by atoms with Crippen molar-refractivity contribution in [3.05, 3.63) is 0 Å². The number of rotatable bonds is 7. The molecular formula is C12H26N2O2S. The quantitative estimate of drug-likeness (QED) is 0.709. The van der Waals surface area contributed by atoms with Crippen LogP contribution in [0.4, 0.5) is 0 Å². The molecule has 0 amide bonds. The Morgan fingerprint density at radius 3 is 2.71 bits per heavy atom. The summed E-state index contributed by atoms with van der Waals surface area (Å²) in [5.41, 5.74) is 0. The van der Waals surface area contributed by atoms with Crippen molar-refractivity contribution in [1.82, 2.24) is 9.62 Å². The van der Waals surface area contributed by atoms with E-state index in [1.165, 1.54) is 6.42 Å². The molecule has 0 spiro atoms. The molecule has 4 nitrogen and oxygen atoms in total. The summed E-state index contributed by atoms with van der Waals surface area (Å²) in [7, 11) is -3.06. The highest BCUT2D eigenvalue weighted by molar-refractivity contribution is 7.89. The summed E-state index contributed by atoms with van der Waals surface area (Å²) < 4.78 is 26.2. The van der Waals surface area contributed by atoms with E-state index < -0.39 is 10.0 Å². The number of nitrogens with zero attached hydrogens (tertiary/aromatic N) is 1. The maximum absolute atomic E-state index is 12.2. The predicted octanol–water partition coefficient (Wildman–Crippen LogP) is 1.58. The molecule has 1 heterocycles. The summed E-state index contributed by atoms with van der Waals surface area (Å²) in [6.07, 6.45) is 5.28. The average Bonchev–Trinajstić information content (AvgIpc) is 2.30. The first-order valence-electron chi connectivity index (χ1n) is 6.82. The van der Waals surface area contributed by atoms with E-state index in [-0.39, 0.29) is 11.8 Å². The summed E-state index contributed by atoms with van der Waals surface area (Å²) in [5, 5.41) is 3.08. The van der Waals surface area contributed by atoms with Gasteiger partial charge in [-0.3, -0.25) is 0 Å². The Morgan fingerprint density at radius 2 is 2.06 bits per heavy atom. The minimum absolute atomic E-state index is 0.237. The fraction of sp³-hybridized carbons (Fsp3) is 1.00. The van der Waals surface area contributed by atoms with Gasteiger partial charge in [0.2, 0.25) is 10.0 Å². The van der Waals surface area contributed by atoms with Crippen LogP contribution in [0.15, 0.2) is 0 Å². The van der Waals surface area contributed by atoms with Gasteiger partial charge < -0.3 is 5.32 Å². The summed E-state index contributed by atoms with van der Waals surface area (Å²) in [6.45, 7) is 6.23. The highest BCUT2D eigenvalue weighted by atomic mass is 32.2. The van der Waals surface area contributed by atoms with Crippen LogP contribution in [0.3, 0.4) is 0 Å². The van der Waals surface area contributed by atoms with Gasteiger partial charge in [-0.25, -0.2) is 8.42 Å². The van der Waals surface area contributed by atoms with Gasteiger partial charge >= 0.3 is 0 Å². The van der Waals surface area contributed by atoms with Crippen LogP contribution >= 0.6 is 0 Å². The molecule has 1 unspecified atom stereocenters. The zero-order valence-corrected chi connectivity index (χ0v) is 11.9. The van der Waals surface area contributed by atoms with E-state index in [1.807, 2.05) is 6.92 Å². The van der Waals surface area contributed by atoms with Gasteiger partial charge in [-0.2, -0.15) is 4.31 Å². The largest absolute Gasteiger partial charge is 0.316 e. The van der Waals surface area contributed by atoms with Crippen molar-refractivity contribution in [3.63, 3.8) is 0 Å². The van der Waals surface area contributed by atoms with Crippen LogP contribution in [-0.2, 0) is 10.0 Å². The molecule has 1 N–H and O–H groups in total. The van der Waals surface area contributed by atoms with Gasteiger partial charge in [-0.15, -0.1) is 0 Å². The number of nitrogens with one attached hydrogen (secondary N) is 1. The normalized spacial score (nSPS) is 22.8. The van der Waals surface area contributed by atoms with Crippen LogP contribution < -0.4 is 5.32 Å². The standard InChI is InChI=1S/C12H26N2O2S/c1-3-7-12-8-5-6-10-14(12)17(15,16)11-9-13-4-2/h12-13H,3-11H2,1-2H3. The molecule has 102 valence electrons. The smallest absolute Gasteiger partial charge is 0.215 e. The van der Waals surface area contributed by atoms with Gasteiger partial charge in [0.1, 0.15) is 0 Å². The first-order chi connectivity index (χ1) is 8.11. The molecule has 1 atom stereocenters. The molecule has 0 radical (unpaired) electrons. The second kappa shape index (κ2) is 7.34. The summed E-state index contributed by atoms with van der Waals surface area (Å²) in [5.74, 6) is 0.237. The topological polar surface area (TPSA) is 49.4 Å². The molecule has 0 aromatic rings. The lowest BCUT2D eigenvalue weighted by molar-refractivity contribution is 0.239. The van der Waals surface area contributed by atoms with E-state index in [9.17, 15) is 8.42 Å². The third-order valence-electron chi connectivity index (χ3n) is 3.34.